The van der Waals surface area contributed by atoms with Crippen LogP contribution in [0.15, 0.2) is 70.2 Å². The van der Waals surface area contributed by atoms with E-state index in [0.29, 0.717) is 44.7 Å². The van der Waals surface area contributed by atoms with Crippen molar-refractivity contribution in [1.82, 2.24) is 0 Å². The molecule has 37 heavy (non-hydrogen) atoms. The molecule has 2 aromatic carbocycles. The average molecular weight is 503 g/mol. The number of rotatable bonds is 6. The third kappa shape index (κ3) is 5.39. The summed E-state index contributed by atoms with van der Waals surface area (Å²) in [6.45, 7) is 1.52. The number of methoxy groups -OCH3 is 2. The maximum atomic E-state index is 13.4. The standard InChI is InChI=1S/C27H23N3O7/c1-15-23-21(18(14-31)13-28-15)12-22(24(32)29-19-8-4-16(5-9-19)26(33)35-2)25(37-23)30-20-10-6-17(7-11-20)27(34)36-3/h4-13,31H,14H2,1-3H3,(H,29,32)/p+1. The van der Waals surface area contributed by atoms with Crippen molar-refractivity contribution in [3.63, 3.8) is 0 Å². The number of fused-ring (bicyclic) bond motifs is 1. The van der Waals surface area contributed by atoms with Crippen LogP contribution in [0, 0.1) is 6.92 Å². The number of carbonyl (C=O) groups is 3. The van der Waals surface area contributed by atoms with Gasteiger partial charge in [-0.25, -0.2) is 19.6 Å². The molecular weight excluding hydrogens is 478 g/mol. The molecule has 0 atom stereocenters. The summed E-state index contributed by atoms with van der Waals surface area (Å²) in [5.74, 6) is -1.49. The first-order valence-corrected chi connectivity index (χ1v) is 11.2. The first-order chi connectivity index (χ1) is 17.8. The lowest BCUT2D eigenvalue weighted by Crippen LogP contribution is -2.23. The van der Waals surface area contributed by atoms with Gasteiger partial charge in [0.2, 0.25) is 16.8 Å². The normalized spacial score (nSPS) is 11.3. The first-order valence-electron chi connectivity index (χ1n) is 11.2. The lowest BCUT2D eigenvalue weighted by atomic mass is 10.1. The molecule has 188 valence electrons. The van der Waals surface area contributed by atoms with Gasteiger partial charge in [-0.05, 0) is 54.6 Å². The largest absolute Gasteiger partial charge is 0.465 e. The Morgan fingerprint density at radius 3 is 2.14 bits per heavy atom. The van der Waals surface area contributed by atoms with Crippen molar-refractivity contribution in [2.75, 3.05) is 19.5 Å². The number of esters is 2. The fraction of sp³-hybridized carbons (Fsp3) is 0.148. The minimum Gasteiger partial charge on any atom is -0.465 e. The van der Waals surface area contributed by atoms with E-state index >= 15 is 0 Å². The van der Waals surface area contributed by atoms with Gasteiger partial charge in [-0.2, -0.15) is 0 Å². The third-order valence-electron chi connectivity index (χ3n) is 5.61. The molecule has 2 aromatic heterocycles. The van der Waals surface area contributed by atoms with Crippen LogP contribution in [0.5, 0.6) is 0 Å². The van der Waals surface area contributed by atoms with Gasteiger partial charge in [-0.3, -0.25) is 4.79 Å². The number of benzene rings is 2. The van der Waals surface area contributed by atoms with Crippen molar-refractivity contribution >= 4 is 40.2 Å². The van der Waals surface area contributed by atoms with Gasteiger partial charge in [-0.1, -0.05) is 0 Å². The van der Waals surface area contributed by atoms with E-state index in [1.807, 2.05) is 0 Å². The molecule has 4 rings (SSSR count). The van der Waals surface area contributed by atoms with E-state index in [1.54, 1.807) is 55.6 Å². The Morgan fingerprint density at radius 2 is 1.57 bits per heavy atom. The van der Waals surface area contributed by atoms with E-state index in [2.05, 4.69) is 15.3 Å². The summed E-state index contributed by atoms with van der Waals surface area (Å²) in [5.41, 5.74) is 3.34. The Hall–Kier alpha value is -4.83. The second-order valence-corrected chi connectivity index (χ2v) is 7.98. The molecule has 0 aliphatic rings. The second kappa shape index (κ2) is 10.8. The molecule has 0 aliphatic carbocycles. The van der Waals surface area contributed by atoms with Crippen LogP contribution >= 0.6 is 0 Å². The second-order valence-electron chi connectivity index (χ2n) is 7.98. The lowest BCUT2D eigenvalue weighted by Gasteiger charge is -2.09. The van der Waals surface area contributed by atoms with E-state index in [9.17, 15) is 19.5 Å². The number of pyridine rings is 1. The molecule has 0 saturated heterocycles. The Balaban J connectivity index is 1.81. The molecule has 0 spiro atoms. The summed E-state index contributed by atoms with van der Waals surface area (Å²) in [6, 6.07) is 14.1. The van der Waals surface area contributed by atoms with E-state index < -0.39 is 17.8 Å². The van der Waals surface area contributed by atoms with Crippen molar-refractivity contribution in [2.24, 2.45) is 4.99 Å². The number of anilines is 1. The maximum absolute atomic E-state index is 13.4. The van der Waals surface area contributed by atoms with Crippen LogP contribution in [-0.2, 0) is 16.1 Å². The molecule has 0 radical (unpaired) electrons. The number of nitrogens with one attached hydrogen (secondary N) is 2. The summed E-state index contributed by atoms with van der Waals surface area (Å²) in [5, 5.41) is 13.1. The van der Waals surface area contributed by atoms with Gasteiger partial charge < -0.3 is 24.3 Å². The number of aromatic amines is 1. The van der Waals surface area contributed by atoms with E-state index in [-0.39, 0.29) is 17.7 Å². The van der Waals surface area contributed by atoms with Gasteiger partial charge in [0.1, 0.15) is 5.56 Å². The highest BCUT2D eigenvalue weighted by Gasteiger charge is 2.19. The van der Waals surface area contributed by atoms with Crippen molar-refractivity contribution in [3.05, 3.63) is 94.3 Å². The molecule has 10 nitrogen and oxygen atoms in total. The Bertz CT molecular complexity index is 1560. The number of amides is 1. The Labute approximate surface area is 211 Å². The minimum absolute atomic E-state index is 0.0218. The summed E-state index contributed by atoms with van der Waals surface area (Å²) < 4.78 is 15.5. The van der Waals surface area contributed by atoms with E-state index in [1.165, 1.54) is 26.4 Å². The molecule has 0 fully saturated rings. The third-order valence-corrected chi connectivity index (χ3v) is 5.61. The van der Waals surface area contributed by atoms with Crippen LogP contribution in [0.4, 0.5) is 11.4 Å². The fourth-order valence-electron chi connectivity index (χ4n) is 3.62. The molecule has 0 unspecified atom stereocenters. The van der Waals surface area contributed by atoms with Crippen molar-refractivity contribution in [2.45, 2.75) is 13.5 Å². The quantitative estimate of drug-likeness (QED) is 0.386. The summed E-state index contributed by atoms with van der Waals surface area (Å²) >= 11 is 0. The number of aromatic nitrogens is 1. The van der Waals surface area contributed by atoms with Gasteiger partial charge in [0.05, 0.1) is 43.2 Å². The fourth-order valence-corrected chi connectivity index (χ4v) is 3.62. The lowest BCUT2D eigenvalue weighted by molar-refractivity contribution is -0.386. The molecule has 0 bridgehead atoms. The SMILES string of the molecule is COC(=O)c1ccc(N=c2oc3c(C)[nH+]cc(CO)c3cc2C(=O)Nc2ccc(C(=O)OC)cc2)cc1. The number of aliphatic hydroxyl groups excluding tert-OH is 1. The molecule has 0 saturated carbocycles. The maximum Gasteiger partial charge on any atom is 0.337 e. The molecule has 4 aromatic rings. The molecule has 2 heterocycles. The van der Waals surface area contributed by atoms with Crippen molar-refractivity contribution < 1.29 is 38.4 Å². The van der Waals surface area contributed by atoms with Crippen LogP contribution in [0.2, 0.25) is 0 Å². The van der Waals surface area contributed by atoms with Crippen molar-refractivity contribution in [1.29, 1.82) is 0 Å². The predicted molar refractivity (Wildman–Crippen MR) is 132 cm³/mol. The van der Waals surface area contributed by atoms with Gasteiger partial charge >= 0.3 is 11.9 Å². The number of hydrogen-bond acceptors (Lipinski definition) is 8. The van der Waals surface area contributed by atoms with Gasteiger partial charge in [0, 0.05) is 18.0 Å². The topological polar surface area (TPSA) is 142 Å². The number of carbonyl (C=O) groups excluding carboxylic acids is 3. The van der Waals surface area contributed by atoms with Crippen LogP contribution in [0.25, 0.3) is 11.0 Å². The highest BCUT2D eigenvalue weighted by atomic mass is 16.5. The Kier molecular flexibility index (Phi) is 7.40. The van der Waals surface area contributed by atoms with E-state index in [4.69, 9.17) is 13.9 Å². The van der Waals surface area contributed by atoms with Crippen LogP contribution < -0.4 is 15.9 Å². The highest BCUT2D eigenvalue weighted by molar-refractivity contribution is 6.06. The predicted octanol–water partition coefficient (Wildman–Crippen LogP) is 3.11. The zero-order chi connectivity index (χ0) is 26.5. The number of aliphatic hydroxyl groups is 1. The van der Waals surface area contributed by atoms with Gasteiger partial charge in [-0.15, -0.1) is 0 Å². The number of H-pyrrole nitrogens is 1. The zero-order valence-corrected chi connectivity index (χ0v) is 20.3. The summed E-state index contributed by atoms with van der Waals surface area (Å²) in [4.78, 5) is 44.3. The van der Waals surface area contributed by atoms with Crippen LogP contribution in [-0.4, -0.2) is 37.2 Å². The molecular formula is C27H24N3O7+. The highest BCUT2D eigenvalue weighted by Crippen LogP contribution is 2.21. The molecule has 1 amide bonds. The average Bonchev–Trinajstić information content (AvgIpc) is 2.93. The number of aryl methyl sites for hydroxylation is 1. The smallest absolute Gasteiger partial charge is 0.337 e. The zero-order valence-electron chi connectivity index (χ0n) is 20.3. The Morgan fingerprint density at radius 1 is 0.973 bits per heavy atom. The minimum atomic E-state index is -0.518. The summed E-state index contributed by atoms with van der Waals surface area (Å²) in [7, 11) is 2.58. The first kappa shape index (κ1) is 25.3. The van der Waals surface area contributed by atoms with Crippen LogP contribution in [0.1, 0.15) is 42.3 Å². The van der Waals surface area contributed by atoms with Gasteiger partial charge in [0.25, 0.3) is 5.91 Å². The number of nitrogens with zero attached hydrogens (tertiary/aromatic N) is 1. The van der Waals surface area contributed by atoms with Gasteiger partial charge in [0.15, 0.2) is 6.20 Å². The molecule has 0 aliphatic heterocycles. The van der Waals surface area contributed by atoms with E-state index in [0.717, 1.165) is 0 Å². The molecule has 10 heteroatoms. The van der Waals surface area contributed by atoms with Crippen LogP contribution in [0.3, 0.4) is 0 Å². The molecule has 3 N–H and O–H groups in total. The monoisotopic (exact) mass is 502 g/mol. The van der Waals surface area contributed by atoms with Crippen molar-refractivity contribution in [3.8, 4) is 0 Å². The number of ether oxygens (including phenoxy) is 2. The summed E-state index contributed by atoms with van der Waals surface area (Å²) in [6.07, 6.45) is 1.64. The number of hydrogen-bond donors (Lipinski definition) is 2.